The van der Waals surface area contributed by atoms with Crippen LogP contribution in [-0.2, 0) is 15.0 Å². The van der Waals surface area contributed by atoms with Gasteiger partial charge in [0.05, 0.1) is 0 Å². The molecule has 0 aromatic heterocycles. The maximum Gasteiger partial charge on any atom is 0.295 e. The van der Waals surface area contributed by atoms with Crippen LogP contribution in [0.2, 0.25) is 0 Å². The fourth-order valence-electron chi connectivity index (χ4n) is 4.51. The van der Waals surface area contributed by atoms with E-state index in [9.17, 15) is 13.0 Å². The Morgan fingerprint density at radius 2 is 1.65 bits per heavy atom. The predicted octanol–water partition coefficient (Wildman–Crippen LogP) is 3.56. The van der Waals surface area contributed by atoms with Gasteiger partial charge in [-0.3, -0.25) is 9.39 Å². The van der Waals surface area contributed by atoms with Crippen LogP contribution in [0.15, 0.2) is 53.4 Å². The Bertz CT molecular complexity index is 1350. The average molecular weight is 441 g/mol. The summed E-state index contributed by atoms with van der Waals surface area (Å²) in [5.41, 5.74) is 5.99. The van der Waals surface area contributed by atoms with E-state index in [1.165, 1.54) is 6.07 Å². The van der Waals surface area contributed by atoms with Crippen molar-refractivity contribution in [1.82, 2.24) is 5.06 Å². The van der Waals surface area contributed by atoms with Gasteiger partial charge < -0.3 is 10.5 Å². The van der Waals surface area contributed by atoms with Gasteiger partial charge in [-0.25, -0.2) is 0 Å². The maximum atomic E-state index is 11.9. The Morgan fingerprint density at radius 3 is 2.39 bits per heavy atom. The van der Waals surface area contributed by atoms with Gasteiger partial charge in [0.15, 0.2) is 0 Å². The van der Waals surface area contributed by atoms with E-state index in [4.69, 9.17) is 15.3 Å². The topological polar surface area (TPSA) is 102 Å². The molecule has 0 aliphatic carbocycles. The second-order valence-electron chi connectivity index (χ2n) is 8.00. The molecule has 1 heterocycles. The molecule has 7 nitrogen and oxygen atoms in total. The molecule has 1 unspecified atom stereocenters. The monoisotopic (exact) mass is 440 g/mol. The SMILES string of the molecule is NC1CCCN(OCCOc2ccc3ccc4ccc(S(=O)(=O)O)c5ccc2c3c45)C1. The Labute approximate surface area is 180 Å². The zero-order chi connectivity index (χ0) is 21.6. The Kier molecular flexibility index (Phi) is 5.19. The van der Waals surface area contributed by atoms with Crippen LogP contribution in [0.3, 0.4) is 0 Å². The van der Waals surface area contributed by atoms with Crippen molar-refractivity contribution in [2.45, 2.75) is 23.8 Å². The molecule has 1 atom stereocenters. The zero-order valence-corrected chi connectivity index (χ0v) is 17.8. The van der Waals surface area contributed by atoms with Crippen LogP contribution in [0.25, 0.3) is 32.3 Å². The van der Waals surface area contributed by atoms with Gasteiger partial charge in [-0.15, -0.1) is 0 Å². The lowest BCUT2D eigenvalue weighted by Crippen LogP contribution is -2.43. The van der Waals surface area contributed by atoms with E-state index >= 15 is 0 Å². The maximum absolute atomic E-state index is 11.9. The first kappa shape index (κ1) is 20.4. The summed E-state index contributed by atoms with van der Waals surface area (Å²) in [5.74, 6) is 0.707. The number of rotatable bonds is 6. The largest absolute Gasteiger partial charge is 0.490 e. The minimum atomic E-state index is -4.33. The molecule has 162 valence electrons. The highest BCUT2D eigenvalue weighted by Gasteiger charge is 2.19. The van der Waals surface area contributed by atoms with E-state index < -0.39 is 10.1 Å². The van der Waals surface area contributed by atoms with Gasteiger partial charge in [-0.2, -0.15) is 13.5 Å². The third kappa shape index (κ3) is 3.81. The van der Waals surface area contributed by atoms with E-state index in [1.807, 2.05) is 35.4 Å². The number of nitrogens with zero attached hydrogens (tertiary/aromatic N) is 1. The van der Waals surface area contributed by atoms with Gasteiger partial charge in [-0.1, -0.05) is 30.3 Å². The molecule has 0 bridgehead atoms. The van der Waals surface area contributed by atoms with Gasteiger partial charge >= 0.3 is 0 Å². The number of hydrogen-bond acceptors (Lipinski definition) is 6. The number of hydroxylamine groups is 2. The van der Waals surface area contributed by atoms with E-state index in [0.717, 1.165) is 52.9 Å². The summed E-state index contributed by atoms with van der Waals surface area (Å²) in [6.45, 7) is 2.41. The molecule has 4 aromatic rings. The van der Waals surface area contributed by atoms with Crippen LogP contribution in [0.1, 0.15) is 12.8 Å². The van der Waals surface area contributed by atoms with Crippen molar-refractivity contribution in [2.75, 3.05) is 26.3 Å². The summed E-state index contributed by atoms with van der Waals surface area (Å²) in [5, 5.41) is 6.89. The van der Waals surface area contributed by atoms with Crippen LogP contribution in [0.4, 0.5) is 0 Å². The lowest BCUT2D eigenvalue weighted by molar-refractivity contribution is -0.175. The highest BCUT2D eigenvalue weighted by Crippen LogP contribution is 2.40. The number of ether oxygens (including phenoxy) is 1. The van der Waals surface area contributed by atoms with Crippen LogP contribution in [0, 0.1) is 0 Å². The van der Waals surface area contributed by atoms with Gasteiger partial charge in [0.25, 0.3) is 10.1 Å². The molecular weight excluding hydrogens is 416 g/mol. The van der Waals surface area contributed by atoms with Crippen molar-refractivity contribution in [3.8, 4) is 5.75 Å². The van der Waals surface area contributed by atoms with Crippen molar-refractivity contribution in [2.24, 2.45) is 5.73 Å². The lowest BCUT2D eigenvalue weighted by atomic mass is 9.94. The zero-order valence-electron chi connectivity index (χ0n) is 17.0. The first-order valence-corrected chi connectivity index (χ1v) is 11.8. The van der Waals surface area contributed by atoms with E-state index in [-0.39, 0.29) is 10.9 Å². The molecule has 1 aliphatic rings. The molecule has 31 heavy (non-hydrogen) atoms. The normalized spacial score (nSPS) is 18.3. The summed E-state index contributed by atoms with van der Waals surface area (Å²) >= 11 is 0. The fourth-order valence-corrected chi connectivity index (χ4v) is 5.20. The minimum absolute atomic E-state index is 0.0890. The summed E-state index contributed by atoms with van der Waals surface area (Å²) < 4.78 is 39.4. The van der Waals surface area contributed by atoms with E-state index in [1.54, 1.807) is 12.1 Å². The second kappa shape index (κ2) is 7.89. The molecule has 5 rings (SSSR count). The lowest BCUT2D eigenvalue weighted by Gasteiger charge is -2.29. The van der Waals surface area contributed by atoms with Crippen LogP contribution < -0.4 is 10.5 Å². The fraction of sp³-hybridized carbons (Fsp3) is 0.304. The molecule has 3 N–H and O–H groups in total. The van der Waals surface area contributed by atoms with Crippen molar-refractivity contribution in [3.63, 3.8) is 0 Å². The summed E-state index contributed by atoms with van der Waals surface area (Å²) in [6, 6.07) is 14.7. The molecule has 0 amide bonds. The molecule has 8 heteroatoms. The Morgan fingerprint density at radius 1 is 0.968 bits per heavy atom. The number of hydrogen-bond donors (Lipinski definition) is 2. The molecule has 0 radical (unpaired) electrons. The van der Waals surface area contributed by atoms with Gasteiger partial charge in [-0.05, 0) is 47.2 Å². The number of piperidine rings is 1. The molecule has 1 saturated heterocycles. The smallest absolute Gasteiger partial charge is 0.295 e. The number of benzene rings is 4. The third-order valence-electron chi connectivity index (χ3n) is 5.90. The van der Waals surface area contributed by atoms with Gasteiger partial charge in [0.2, 0.25) is 0 Å². The quantitative estimate of drug-likeness (QED) is 0.268. The minimum Gasteiger partial charge on any atom is -0.490 e. The first-order valence-electron chi connectivity index (χ1n) is 10.4. The Balaban J connectivity index is 1.46. The van der Waals surface area contributed by atoms with Crippen molar-refractivity contribution >= 4 is 42.4 Å². The summed E-state index contributed by atoms with van der Waals surface area (Å²) in [4.78, 5) is 5.70. The molecule has 1 fully saturated rings. The third-order valence-corrected chi connectivity index (χ3v) is 6.81. The van der Waals surface area contributed by atoms with Crippen LogP contribution >= 0.6 is 0 Å². The average Bonchev–Trinajstić information content (AvgIpc) is 2.74. The number of nitrogens with two attached hydrogens (primary N) is 1. The molecule has 1 aliphatic heterocycles. The molecule has 0 spiro atoms. The van der Waals surface area contributed by atoms with Crippen LogP contribution in [-0.4, -0.2) is 50.4 Å². The summed E-state index contributed by atoms with van der Waals surface area (Å²) in [6.07, 6.45) is 2.06. The van der Waals surface area contributed by atoms with Crippen molar-refractivity contribution in [3.05, 3.63) is 48.5 Å². The van der Waals surface area contributed by atoms with Gasteiger partial charge in [0.1, 0.15) is 23.9 Å². The first-order chi connectivity index (χ1) is 14.9. The highest BCUT2D eigenvalue weighted by atomic mass is 32.2. The molecule has 4 aromatic carbocycles. The van der Waals surface area contributed by atoms with E-state index in [2.05, 4.69) is 0 Å². The highest BCUT2D eigenvalue weighted by molar-refractivity contribution is 7.86. The van der Waals surface area contributed by atoms with E-state index in [0.29, 0.717) is 24.3 Å². The molecular formula is C23H24N2O5S. The standard InChI is InChI=1S/C23H24N2O5S/c24-17-2-1-11-25(14-17)30-13-12-29-20-9-5-15-3-4-16-6-10-21(31(26,27)28)19-8-7-18(20)22(15)23(16)19/h3-10,17H,1-2,11-14,24H2,(H,26,27,28). The molecule has 0 saturated carbocycles. The Hall–Kier alpha value is -2.49. The summed E-state index contributed by atoms with van der Waals surface area (Å²) in [7, 11) is -4.33. The predicted molar refractivity (Wildman–Crippen MR) is 120 cm³/mol. The van der Waals surface area contributed by atoms with Crippen LogP contribution in [0.5, 0.6) is 5.75 Å². The van der Waals surface area contributed by atoms with Crippen molar-refractivity contribution < 1.29 is 22.5 Å². The second-order valence-corrected chi connectivity index (χ2v) is 9.39. The van der Waals surface area contributed by atoms with Gasteiger partial charge in [0, 0.05) is 35.3 Å². The van der Waals surface area contributed by atoms with Crippen molar-refractivity contribution in [1.29, 1.82) is 0 Å².